The van der Waals surface area contributed by atoms with Crippen LogP contribution in [0.3, 0.4) is 0 Å². The Hall–Kier alpha value is -2.64. The Balaban J connectivity index is 0.000000303. The lowest BCUT2D eigenvalue weighted by molar-refractivity contribution is -0.141. The third kappa shape index (κ3) is 11.4. The van der Waals surface area contributed by atoms with Crippen molar-refractivity contribution in [1.82, 2.24) is 0 Å². The molecule has 0 bridgehead atoms. The molecule has 0 heterocycles. The van der Waals surface area contributed by atoms with Crippen LogP contribution in [-0.2, 0) is 19.1 Å². The van der Waals surface area contributed by atoms with Crippen molar-refractivity contribution in [2.75, 3.05) is 26.4 Å². The van der Waals surface area contributed by atoms with Crippen LogP contribution in [0.25, 0.3) is 0 Å². The van der Waals surface area contributed by atoms with E-state index in [9.17, 15) is 14.7 Å². The molecule has 1 aromatic rings. The summed E-state index contributed by atoms with van der Waals surface area (Å²) >= 11 is 0. The van der Waals surface area contributed by atoms with Crippen LogP contribution in [0, 0.1) is 11.8 Å². The molecule has 2 rings (SSSR count). The number of rotatable bonds is 10. The molecule has 1 aliphatic carbocycles. The predicted molar refractivity (Wildman–Crippen MR) is 113 cm³/mol. The zero-order valence-corrected chi connectivity index (χ0v) is 17.3. The minimum atomic E-state index is -0.843. The van der Waals surface area contributed by atoms with Gasteiger partial charge < -0.3 is 24.4 Å². The Morgan fingerprint density at radius 3 is 2.10 bits per heavy atom. The van der Waals surface area contributed by atoms with Crippen LogP contribution in [0.15, 0.2) is 55.6 Å². The van der Waals surface area contributed by atoms with Gasteiger partial charge in [-0.1, -0.05) is 31.4 Å². The van der Waals surface area contributed by atoms with Gasteiger partial charge in [0.25, 0.3) is 0 Å². The van der Waals surface area contributed by atoms with Crippen LogP contribution in [0.5, 0.6) is 5.75 Å². The molecular formula is C23H32O7. The molecule has 2 N–H and O–H groups in total. The number of hydrogen-bond acceptors (Lipinski definition) is 7. The van der Waals surface area contributed by atoms with Gasteiger partial charge in [-0.25, -0.2) is 9.59 Å². The molecule has 7 heteroatoms. The van der Waals surface area contributed by atoms with Gasteiger partial charge in [-0.2, -0.15) is 0 Å². The first-order valence-corrected chi connectivity index (χ1v) is 10.0. The number of para-hydroxylation sites is 1. The second kappa shape index (κ2) is 15.2. The number of hydrogen-bond donors (Lipinski definition) is 2. The van der Waals surface area contributed by atoms with Crippen molar-refractivity contribution in [2.45, 2.75) is 31.8 Å². The van der Waals surface area contributed by atoms with Gasteiger partial charge in [0.1, 0.15) is 25.1 Å². The van der Waals surface area contributed by atoms with Crippen molar-refractivity contribution in [1.29, 1.82) is 0 Å². The van der Waals surface area contributed by atoms with E-state index in [1.807, 2.05) is 18.2 Å². The minimum absolute atomic E-state index is 0.0778. The van der Waals surface area contributed by atoms with Crippen molar-refractivity contribution in [3.63, 3.8) is 0 Å². The average molecular weight is 421 g/mol. The molecule has 30 heavy (non-hydrogen) atoms. The third-order valence-corrected chi connectivity index (χ3v) is 4.62. The number of aliphatic hydroxyl groups excluding tert-OH is 2. The Bertz CT molecular complexity index is 636. The van der Waals surface area contributed by atoms with E-state index in [2.05, 4.69) is 17.9 Å². The van der Waals surface area contributed by atoms with Crippen LogP contribution >= 0.6 is 0 Å². The van der Waals surface area contributed by atoms with Gasteiger partial charge in [-0.05, 0) is 49.7 Å². The fourth-order valence-electron chi connectivity index (χ4n) is 2.83. The first-order chi connectivity index (χ1) is 14.5. The van der Waals surface area contributed by atoms with Gasteiger partial charge in [0.2, 0.25) is 0 Å². The van der Waals surface area contributed by atoms with Gasteiger partial charge in [0, 0.05) is 18.8 Å². The highest BCUT2D eigenvalue weighted by atomic mass is 16.5. The molecule has 1 unspecified atom stereocenters. The molecule has 0 aliphatic heterocycles. The maximum absolute atomic E-state index is 10.8. The highest BCUT2D eigenvalue weighted by molar-refractivity contribution is 5.81. The average Bonchev–Trinajstić information content (AvgIpc) is 2.80. The minimum Gasteiger partial charge on any atom is -0.491 e. The number of ether oxygens (including phenoxy) is 3. The van der Waals surface area contributed by atoms with Crippen LogP contribution < -0.4 is 4.74 Å². The summed E-state index contributed by atoms with van der Waals surface area (Å²) in [6.07, 6.45) is 5.60. The maximum atomic E-state index is 10.8. The highest BCUT2D eigenvalue weighted by Gasteiger charge is 2.21. The summed E-state index contributed by atoms with van der Waals surface area (Å²) in [5.41, 5.74) is 0. The zero-order chi connectivity index (χ0) is 22.2. The molecule has 0 amide bonds. The summed E-state index contributed by atoms with van der Waals surface area (Å²) in [6, 6.07) is 9.10. The molecule has 1 aliphatic rings. The molecule has 0 spiro atoms. The zero-order valence-electron chi connectivity index (χ0n) is 17.3. The van der Waals surface area contributed by atoms with Crippen molar-refractivity contribution in [3.05, 3.63) is 55.6 Å². The van der Waals surface area contributed by atoms with Crippen LogP contribution in [0.4, 0.5) is 0 Å². The van der Waals surface area contributed by atoms with Crippen molar-refractivity contribution < 1.29 is 34.0 Å². The monoisotopic (exact) mass is 420 g/mol. The highest BCUT2D eigenvalue weighted by Crippen LogP contribution is 2.28. The SMILES string of the molecule is C=CC(=O)OCC(O)COc1ccccc1.C=CC(=O)OCC1CCC(CO)CC1. The number of aliphatic hydroxyl groups is 2. The summed E-state index contributed by atoms with van der Waals surface area (Å²) in [7, 11) is 0. The molecule has 1 aromatic carbocycles. The molecule has 7 nitrogen and oxygen atoms in total. The smallest absolute Gasteiger partial charge is 0.330 e. The molecule has 166 valence electrons. The van der Waals surface area contributed by atoms with Crippen molar-refractivity contribution in [2.24, 2.45) is 11.8 Å². The number of carbonyl (C=O) groups excluding carboxylic acids is 2. The Kier molecular flexibility index (Phi) is 12.9. The number of benzene rings is 1. The van der Waals surface area contributed by atoms with E-state index in [4.69, 9.17) is 14.6 Å². The molecule has 1 saturated carbocycles. The van der Waals surface area contributed by atoms with Gasteiger partial charge in [-0.3, -0.25) is 0 Å². The summed E-state index contributed by atoms with van der Waals surface area (Å²) < 4.78 is 14.9. The van der Waals surface area contributed by atoms with E-state index in [0.717, 1.165) is 31.8 Å². The molecule has 0 aromatic heterocycles. The first-order valence-electron chi connectivity index (χ1n) is 10.0. The first kappa shape index (κ1) is 25.4. The van der Waals surface area contributed by atoms with E-state index in [1.54, 1.807) is 12.1 Å². The maximum Gasteiger partial charge on any atom is 0.330 e. The fourth-order valence-corrected chi connectivity index (χ4v) is 2.83. The molecular weight excluding hydrogens is 388 g/mol. The van der Waals surface area contributed by atoms with E-state index in [1.165, 1.54) is 6.08 Å². The predicted octanol–water partition coefficient (Wildman–Crippen LogP) is 2.67. The van der Waals surface area contributed by atoms with Crippen LogP contribution in [-0.4, -0.2) is 54.7 Å². The van der Waals surface area contributed by atoms with E-state index >= 15 is 0 Å². The second-order valence-electron chi connectivity index (χ2n) is 7.02. The second-order valence-corrected chi connectivity index (χ2v) is 7.02. The summed E-state index contributed by atoms with van der Waals surface area (Å²) in [5.74, 6) is 0.702. The standard InChI is InChI=1S/C12H14O4.C11H18O3/c1-2-12(14)16-9-10(13)8-15-11-6-4-3-5-7-11;1-2-11(13)14-8-10-5-3-9(7-12)4-6-10/h2-7,10,13H,1,8-9H2;2,9-10,12H,1,3-8H2. The Labute approximate surface area is 178 Å². The summed E-state index contributed by atoms with van der Waals surface area (Å²) in [4.78, 5) is 21.5. The Morgan fingerprint density at radius 2 is 1.53 bits per heavy atom. The lowest BCUT2D eigenvalue weighted by Crippen LogP contribution is -2.24. The van der Waals surface area contributed by atoms with Crippen LogP contribution in [0.1, 0.15) is 25.7 Å². The van der Waals surface area contributed by atoms with E-state index < -0.39 is 12.1 Å². The summed E-state index contributed by atoms with van der Waals surface area (Å²) in [5, 5.41) is 18.4. The molecule has 1 fully saturated rings. The van der Waals surface area contributed by atoms with Gasteiger partial charge in [0.15, 0.2) is 0 Å². The fraction of sp³-hybridized carbons (Fsp3) is 0.478. The molecule has 1 atom stereocenters. The van der Waals surface area contributed by atoms with Gasteiger partial charge in [-0.15, -0.1) is 0 Å². The van der Waals surface area contributed by atoms with E-state index in [0.29, 0.717) is 30.8 Å². The quantitative estimate of drug-likeness (QED) is 0.443. The number of carbonyl (C=O) groups is 2. The third-order valence-electron chi connectivity index (χ3n) is 4.62. The van der Waals surface area contributed by atoms with Crippen molar-refractivity contribution in [3.8, 4) is 5.75 Å². The van der Waals surface area contributed by atoms with Crippen LogP contribution in [0.2, 0.25) is 0 Å². The normalized spacial score (nSPS) is 18.7. The van der Waals surface area contributed by atoms with Gasteiger partial charge in [0.05, 0.1) is 6.61 Å². The lowest BCUT2D eigenvalue weighted by atomic mass is 9.83. The largest absolute Gasteiger partial charge is 0.491 e. The topological polar surface area (TPSA) is 102 Å². The van der Waals surface area contributed by atoms with E-state index in [-0.39, 0.29) is 19.2 Å². The van der Waals surface area contributed by atoms with Gasteiger partial charge >= 0.3 is 11.9 Å². The van der Waals surface area contributed by atoms with Crippen molar-refractivity contribution >= 4 is 11.9 Å². The number of esters is 2. The summed E-state index contributed by atoms with van der Waals surface area (Å²) in [6.45, 7) is 7.36. The molecule has 0 saturated heterocycles. The lowest BCUT2D eigenvalue weighted by Gasteiger charge is -2.26. The Morgan fingerprint density at radius 1 is 0.967 bits per heavy atom. The molecule has 0 radical (unpaired) electrons.